The molecule has 12 heteroatoms. The van der Waals surface area contributed by atoms with Crippen LogP contribution in [0, 0.1) is 11.2 Å². The number of carbonyl (C=O) groups excluding carboxylic acids is 1. The normalized spacial score (nSPS) is 23.3. The molecule has 0 saturated heterocycles. The summed E-state index contributed by atoms with van der Waals surface area (Å²) in [5.74, 6) is 0.0810. The van der Waals surface area contributed by atoms with Crippen LogP contribution < -0.4 is 16.0 Å². The number of nitrogens with one attached hydrogen (secondary N) is 4. The third-order valence-electron chi connectivity index (χ3n) is 6.94. The number of amides is 1. The predicted octanol–water partition coefficient (Wildman–Crippen LogP) is 4.24. The summed E-state index contributed by atoms with van der Waals surface area (Å²) < 4.78 is 24.6. The second-order valence-electron chi connectivity index (χ2n) is 9.44. The van der Waals surface area contributed by atoms with Gasteiger partial charge in [-0.2, -0.15) is 0 Å². The third-order valence-corrected chi connectivity index (χ3v) is 6.94. The van der Waals surface area contributed by atoms with Crippen molar-refractivity contribution in [2.45, 2.75) is 75.6 Å². The number of ether oxygens (including phenoxy) is 2. The van der Waals surface area contributed by atoms with Crippen molar-refractivity contribution in [2.24, 2.45) is 0 Å². The highest BCUT2D eigenvalue weighted by Crippen LogP contribution is 2.27. The molecule has 9 nitrogen and oxygen atoms in total. The third kappa shape index (κ3) is 8.10. The number of hydrogen-bond donors (Lipinski definition) is 4. The van der Waals surface area contributed by atoms with Crippen LogP contribution in [0.2, 0.25) is 0 Å². The summed E-state index contributed by atoms with van der Waals surface area (Å²) in [6.07, 6.45) is 7.57. The number of methoxy groups -OCH3 is 2. The number of fused-ring (bicyclic) bond motifs is 1. The van der Waals surface area contributed by atoms with E-state index in [2.05, 4.69) is 25.9 Å². The van der Waals surface area contributed by atoms with Crippen LogP contribution >= 0.6 is 24.8 Å². The number of halogens is 3. The number of amidine groups is 1. The fourth-order valence-corrected chi connectivity index (χ4v) is 5.07. The Kier molecular flexibility index (Phi) is 12.2. The number of anilines is 1. The Balaban J connectivity index is 0.00000241. The lowest BCUT2D eigenvalue weighted by molar-refractivity contribution is 0.0597. The van der Waals surface area contributed by atoms with Gasteiger partial charge in [0, 0.05) is 37.7 Å². The molecule has 1 aromatic heterocycles. The second kappa shape index (κ2) is 14.6. The maximum Gasteiger partial charge on any atom is 0.289 e. The molecule has 4 rings (SSSR count). The zero-order valence-electron chi connectivity index (χ0n) is 21.2. The average Bonchev–Trinajstić information content (AvgIpc) is 2.86. The van der Waals surface area contributed by atoms with Crippen molar-refractivity contribution in [2.75, 3.05) is 26.1 Å². The van der Waals surface area contributed by atoms with Gasteiger partial charge in [-0.25, -0.2) is 14.4 Å². The number of benzene rings is 1. The Bertz CT molecular complexity index is 1050. The van der Waals surface area contributed by atoms with Crippen LogP contribution in [0.25, 0.3) is 10.9 Å². The minimum Gasteiger partial charge on any atom is -0.381 e. The van der Waals surface area contributed by atoms with Crippen molar-refractivity contribution < 1.29 is 18.7 Å². The molecule has 0 spiro atoms. The molecule has 4 N–H and O–H groups in total. The first kappa shape index (κ1) is 31.0. The summed E-state index contributed by atoms with van der Waals surface area (Å²) in [6, 6.07) is 4.31. The zero-order valence-corrected chi connectivity index (χ0v) is 22.9. The minimum atomic E-state index is -0.392. The maximum atomic E-state index is 14.1. The number of hydrogen-bond acceptors (Lipinski definition) is 7. The summed E-state index contributed by atoms with van der Waals surface area (Å²) >= 11 is 0. The summed E-state index contributed by atoms with van der Waals surface area (Å²) in [4.78, 5) is 22.1. The van der Waals surface area contributed by atoms with Gasteiger partial charge in [-0.1, -0.05) is 12.8 Å². The van der Waals surface area contributed by atoms with E-state index in [0.29, 0.717) is 22.6 Å². The van der Waals surface area contributed by atoms with Gasteiger partial charge in [0.2, 0.25) is 5.82 Å². The van der Waals surface area contributed by atoms with Gasteiger partial charge in [-0.15, -0.1) is 24.8 Å². The van der Waals surface area contributed by atoms with Gasteiger partial charge < -0.3 is 25.4 Å². The van der Waals surface area contributed by atoms with E-state index in [1.165, 1.54) is 12.1 Å². The standard InChI is InChI=1S/C25H35FN6O3.2ClH/c1-34-14-22(27)29-20-5-3-4-6-21(20)31-23-18-13-15(26)7-12-19(18)30-24(32-23)25(33)28-16-8-10-17(35-2)11-9-16;;/h7,12-13,16-17,20-21H,3-6,8-11,14H2,1-2H3,(H2,27,29)(H,28,33)(H,30,31,32);2*1H/t16-,17-,20-,21+;;/m1../s1. The topological polar surface area (TPSA) is 121 Å². The highest BCUT2D eigenvalue weighted by molar-refractivity contribution is 5.96. The fraction of sp³-hybridized carbons (Fsp3) is 0.600. The van der Waals surface area contributed by atoms with Gasteiger partial charge >= 0.3 is 0 Å². The lowest BCUT2D eigenvalue weighted by Gasteiger charge is -2.34. The SMILES string of the molecule is COCC(=N)N[C@@H]1CCCC[C@@H]1Nc1nc(C(=O)N[C@H]2CC[C@H](OC)CC2)nc2ccc(F)cc12.Cl.Cl. The Morgan fingerprint density at radius 3 is 2.41 bits per heavy atom. The molecule has 2 aliphatic rings. The summed E-state index contributed by atoms with van der Waals surface area (Å²) in [7, 11) is 3.28. The molecule has 2 atom stereocenters. The minimum absolute atomic E-state index is 0. The van der Waals surface area contributed by atoms with Gasteiger partial charge in [0.05, 0.1) is 11.6 Å². The van der Waals surface area contributed by atoms with Gasteiger partial charge in [0.1, 0.15) is 24.1 Å². The van der Waals surface area contributed by atoms with Crippen LogP contribution in [0.5, 0.6) is 0 Å². The molecule has 2 aliphatic carbocycles. The van der Waals surface area contributed by atoms with Crippen molar-refractivity contribution in [1.29, 1.82) is 5.41 Å². The molecule has 1 aromatic carbocycles. The van der Waals surface area contributed by atoms with Crippen LogP contribution in [-0.2, 0) is 9.47 Å². The van der Waals surface area contributed by atoms with Gasteiger partial charge in [0.25, 0.3) is 5.91 Å². The van der Waals surface area contributed by atoms with Crippen molar-refractivity contribution >= 4 is 53.3 Å². The molecule has 2 fully saturated rings. The molecule has 2 saturated carbocycles. The monoisotopic (exact) mass is 558 g/mol. The number of aromatic nitrogens is 2. The van der Waals surface area contributed by atoms with Crippen molar-refractivity contribution in [1.82, 2.24) is 20.6 Å². The van der Waals surface area contributed by atoms with E-state index in [0.717, 1.165) is 51.4 Å². The first-order valence-electron chi connectivity index (χ1n) is 12.4. The van der Waals surface area contributed by atoms with Crippen molar-refractivity contribution in [3.63, 3.8) is 0 Å². The zero-order chi connectivity index (χ0) is 24.8. The predicted molar refractivity (Wildman–Crippen MR) is 147 cm³/mol. The highest BCUT2D eigenvalue weighted by Gasteiger charge is 2.28. The van der Waals surface area contributed by atoms with E-state index in [1.807, 2.05) is 0 Å². The Morgan fingerprint density at radius 1 is 1.03 bits per heavy atom. The molecule has 1 amide bonds. The summed E-state index contributed by atoms with van der Waals surface area (Å²) in [5.41, 5.74) is 0.504. The molecule has 0 radical (unpaired) electrons. The first-order valence-corrected chi connectivity index (χ1v) is 12.4. The van der Waals surface area contributed by atoms with E-state index >= 15 is 0 Å². The van der Waals surface area contributed by atoms with Crippen molar-refractivity contribution in [3.05, 3.63) is 29.8 Å². The highest BCUT2D eigenvalue weighted by atomic mass is 35.5. The molecule has 0 unspecified atom stereocenters. The van der Waals surface area contributed by atoms with Gasteiger partial charge in [0.15, 0.2) is 0 Å². The van der Waals surface area contributed by atoms with Gasteiger partial charge in [-0.05, 0) is 56.7 Å². The first-order chi connectivity index (χ1) is 17.0. The Morgan fingerprint density at radius 2 is 1.73 bits per heavy atom. The average molecular weight is 560 g/mol. The van der Waals surface area contributed by atoms with Crippen LogP contribution in [-0.4, -0.2) is 66.8 Å². The van der Waals surface area contributed by atoms with Crippen LogP contribution in [0.3, 0.4) is 0 Å². The Labute approximate surface area is 229 Å². The molecule has 206 valence electrons. The largest absolute Gasteiger partial charge is 0.381 e. The van der Waals surface area contributed by atoms with Crippen molar-refractivity contribution in [3.8, 4) is 0 Å². The molecule has 0 bridgehead atoms. The fourth-order valence-electron chi connectivity index (χ4n) is 5.07. The smallest absolute Gasteiger partial charge is 0.289 e. The lowest BCUT2D eigenvalue weighted by Crippen LogP contribution is -2.49. The number of carbonyl (C=O) groups is 1. The maximum absolute atomic E-state index is 14.1. The second-order valence-corrected chi connectivity index (χ2v) is 9.44. The van der Waals surface area contributed by atoms with E-state index in [1.54, 1.807) is 20.3 Å². The van der Waals surface area contributed by atoms with E-state index in [4.69, 9.17) is 14.9 Å². The molecule has 2 aromatic rings. The van der Waals surface area contributed by atoms with Gasteiger partial charge in [-0.3, -0.25) is 10.2 Å². The van der Waals surface area contributed by atoms with Crippen LogP contribution in [0.1, 0.15) is 62.0 Å². The molecule has 37 heavy (non-hydrogen) atoms. The number of nitrogens with zero attached hydrogens (tertiary/aromatic N) is 2. The molecule has 0 aliphatic heterocycles. The van der Waals surface area contributed by atoms with E-state index < -0.39 is 5.82 Å². The number of rotatable bonds is 8. The summed E-state index contributed by atoms with van der Waals surface area (Å²) in [5, 5.41) is 18.4. The molecule has 1 heterocycles. The Hall–Kier alpha value is -2.27. The van der Waals surface area contributed by atoms with E-state index in [-0.39, 0.29) is 67.4 Å². The summed E-state index contributed by atoms with van der Waals surface area (Å²) in [6.45, 7) is 0.210. The molecular formula is C25H37Cl2FN6O3. The van der Waals surface area contributed by atoms with Crippen LogP contribution in [0.4, 0.5) is 10.2 Å². The van der Waals surface area contributed by atoms with E-state index in [9.17, 15) is 9.18 Å². The molecular weight excluding hydrogens is 522 g/mol. The quantitative estimate of drug-likeness (QED) is 0.282. The van der Waals surface area contributed by atoms with Crippen LogP contribution in [0.15, 0.2) is 18.2 Å². The lowest BCUT2D eigenvalue weighted by atomic mass is 9.90.